The molecule has 14 N–H and O–H groups in total. The predicted molar refractivity (Wildman–Crippen MR) is 377 cm³/mol. The number of nitrogens with one attached hydrogen (secondary N) is 12. The van der Waals surface area contributed by atoms with E-state index >= 15 is 9.59 Å². The minimum Gasteiger partial charge on any atom is -0.448 e. The normalized spacial score (nSPS) is 20.5. The van der Waals surface area contributed by atoms with Crippen LogP contribution in [0.1, 0.15) is 143 Å². The van der Waals surface area contributed by atoms with E-state index in [9.17, 15) is 53.1 Å². The van der Waals surface area contributed by atoms with Crippen LogP contribution in [0.5, 0.6) is 0 Å². The molecule has 4 aromatic rings. The van der Waals surface area contributed by atoms with E-state index in [2.05, 4.69) is 68.7 Å². The number of aromatic nitrogens is 1. The summed E-state index contributed by atoms with van der Waals surface area (Å²) in [5, 5.41) is 43.7. The fourth-order valence-electron chi connectivity index (χ4n) is 11.1. The Morgan fingerprint density at radius 2 is 1.08 bits per heavy atom. The van der Waals surface area contributed by atoms with E-state index in [-0.39, 0.29) is 82.1 Å². The van der Waals surface area contributed by atoms with Crippen molar-refractivity contribution in [3.8, 4) is 0 Å². The third-order valence-electron chi connectivity index (χ3n) is 16.4. The lowest BCUT2D eigenvalue weighted by molar-refractivity contribution is -0.136. The van der Waals surface area contributed by atoms with Crippen molar-refractivity contribution >= 4 is 92.0 Å². The van der Waals surface area contributed by atoms with Gasteiger partial charge in [-0.15, -0.1) is 0 Å². The Morgan fingerprint density at radius 3 is 1.55 bits per heavy atom. The highest BCUT2D eigenvalue weighted by molar-refractivity contribution is 6.98. The Bertz CT molecular complexity index is 3370. The van der Waals surface area contributed by atoms with Crippen LogP contribution in [-0.4, -0.2) is 188 Å². The summed E-state index contributed by atoms with van der Waals surface area (Å²) in [6.45, 7) is 18.8. The molecule has 0 unspecified atom stereocenters. The number of carbonyl (C=O) groups excluding carboxylic acids is 11. The van der Waals surface area contributed by atoms with Crippen LogP contribution in [0.3, 0.4) is 0 Å². The van der Waals surface area contributed by atoms with Gasteiger partial charge in [0.15, 0.2) is 19.6 Å². The first-order valence-corrected chi connectivity index (χ1v) is 35.7. The summed E-state index contributed by atoms with van der Waals surface area (Å²) in [5.74, 6) is -8.56. The van der Waals surface area contributed by atoms with Crippen LogP contribution >= 0.6 is 0 Å². The van der Waals surface area contributed by atoms with Gasteiger partial charge in [-0.2, -0.15) is 0 Å². The van der Waals surface area contributed by atoms with E-state index in [4.69, 9.17) is 13.9 Å². The smallest absolute Gasteiger partial charge is 0.407 e. The number of amides is 11. The first-order valence-electron chi connectivity index (χ1n) is 33.8. The zero-order valence-corrected chi connectivity index (χ0v) is 60.6. The number of hydrogen-bond acceptors (Lipinski definition) is 18. The molecule has 0 radical (unpaired) electrons. The monoisotopic (exact) mass is 1410 g/mol. The number of hydrogen-bond donors (Lipinski definition) is 14. The van der Waals surface area contributed by atoms with Crippen molar-refractivity contribution in [3.63, 3.8) is 0 Å². The van der Waals surface area contributed by atoms with Gasteiger partial charge >= 0.3 is 12.2 Å². The molecule has 546 valence electrons. The lowest BCUT2D eigenvalue weighted by Crippen LogP contribution is -2.65. The molecule has 1 saturated heterocycles. The van der Waals surface area contributed by atoms with Gasteiger partial charge < -0.3 is 87.5 Å². The SMILES string of the molecule is BNCC[C@@H]1NC(=O)[C@@H](NC(=O)[C@@H](CCC(C)(C)[Si](O)(c2ccccc2)c2ccccc2)NC(=O)c2coc(C)n2)CCNC(=O)[C@H]([C@@H](C)O)NC(=O)[C@H](CCNC(=O)OC(C)(C)C)NC(=O)[C@H](CCNC(=O)OC(C)(C)C)NC(=O)[C@H](CC(C)C)NC(=O)[C@@H](Cc2ccccc2)NC1=O. The summed E-state index contributed by atoms with van der Waals surface area (Å²) < 4.78 is 16.1. The Labute approximate surface area is 586 Å². The van der Waals surface area contributed by atoms with Crippen molar-refractivity contribution in [2.24, 2.45) is 5.92 Å². The van der Waals surface area contributed by atoms with Crippen molar-refractivity contribution in [2.75, 3.05) is 26.2 Å². The van der Waals surface area contributed by atoms with Crippen LogP contribution < -0.4 is 74.1 Å². The summed E-state index contributed by atoms with van der Waals surface area (Å²) in [6.07, 6.45) is -3.77. The van der Waals surface area contributed by atoms with Crippen LogP contribution in [0.2, 0.25) is 5.04 Å². The van der Waals surface area contributed by atoms with Gasteiger partial charge in [0.1, 0.15) is 65.8 Å². The van der Waals surface area contributed by atoms with E-state index in [1.54, 1.807) is 93.7 Å². The molecular formula is C69H102BN13O16Si. The second-order valence-electron chi connectivity index (χ2n) is 28.0. The summed E-state index contributed by atoms with van der Waals surface area (Å²) >= 11 is 0. The van der Waals surface area contributed by atoms with Crippen LogP contribution in [0.15, 0.2) is 102 Å². The molecule has 0 aliphatic carbocycles. The van der Waals surface area contributed by atoms with Gasteiger partial charge in [0.25, 0.3) is 14.2 Å². The number of carbonyl (C=O) groups is 11. The van der Waals surface area contributed by atoms with E-state index < -0.39 is 157 Å². The highest BCUT2D eigenvalue weighted by atomic mass is 28.4. The minimum atomic E-state index is -3.74. The number of aryl methyl sites for hydroxylation is 1. The zero-order valence-electron chi connectivity index (χ0n) is 59.6. The molecule has 2 heterocycles. The average molecular weight is 1410 g/mol. The van der Waals surface area contributed by atoms with Crippen molar-refractivity contribution < 1.29 is 76.5 Å². The lowest BCUT2D eigenvalue weighted by Gasteiger charge is -2.42. The van der Waals surface area contributed by atoms with Crippen LogP contribution in [0.4, 0.5) is 9.59 Å². The Hall–Kier alpha value is -9.20. The van der Waals surface area contributed by atoms with Crippen LogP contribution in [-0.2, 0) is 54.3 Å². The van der Waals surface area contributed by atoms with Crippen molar-refractivity contribution in [2.45, 2.75) is 205 Å². The molecule has 3 aromatic carbocycles. The first kappa shape index (κ1) is 81.5. The molecule has 5 rings (SSSR count). The number of ether oxygens (including phenoxy) is 2. The number of rotatable bonds is 24. The molecule has 31 heteroatoms. The Kier molecular flexibility index (Phi) is 30.8. The Balaban J connectivity index is 1.63. The maximum atomic E-state index is 15.2. The Morgan fingerprint density at radius 1 is 0.630 bits per heavy atom. The first-order chi connectivity index (χ1) is 47.0. The molecule has 0 bridgehead atoms. The average Bonchev–Trinajstić information content (AvgIpc) is 0.836. The number of oxazole rings is 1. The number of aliphatic hydroxyl groups excluding tert-OH is 1. The number of alkyl carbamates (subject to hydrolysis) is 2. The predicted octanol–water partition coefficient (Wildman–Crippen LogP) is 0.335. The second-order valence-corrected chi connectivity index (χ2v) is 31.9. The molecule has 29 nitrogen and oxygen atoms in total. The van der Waals surface area contributed by atoms with Gasteiger partial charge in [0.05, 0.1) is 6.10 Å². The highest BCUT2D eigenvalue weighted by Gasteiger charge is 2.50. The molecule has 11 amide bonds. The van der Waals surface area contributed by atoms with Crippen LogP contribution in [0.25, 0.3) is 0 Å². The van der Waals surface area contributed by atoms with Gasteiger partial charge in [-0.3, -0.25) is 43.2 Å². The number of nitrogens with zero attached hydrogens (tertiary/aromatic N) is 1. The van der Waals surface area contributed by atoms with Gasteiger partial charge in [0, 0.05) is 33.0 Å². The molecule has 1 aliphatic heterocycles. The van der Waals surface area contributed by atoms with Crippen molar-refractivity contribution in [1.82, 2.24) is 68.7 Å². The molecule has 1 aliphatic rings. The molecule has 0 saturated carbocycles. The summed E-state index contributed by atoms with van der Waals surface area (Å²) in [4.78, 5) is 176. The van der Waals surface area contributed by atoms with Crippen molar-refractivity contribution in [3.05, 3.63) is 114 Å². The number of aliphatic hydroxyl groups is 1. The fourth-order valence-corrected chi connectivity index (χ4v) is 14.8. The molecule has 100 heavy (non-hydrogen) atoms. The molecule has 0 spiro atoms. The highest BCUT2D eigenvalue weighted by Crippen LogP contribution is 2.40. The topological polar surface area (TPSA) is 417 Å². The summed E-state index contributed by atoms with van der Waals surface area (Å²) in [6, 6.07) is 14.4. The maximum Gasteiger partial charge on any atom is 0.407 e. The quantitative estimate of drug-likeness (QED) is 0.0421. The summed E-state index contributed by atoms with van der Waals surface area (Å²) in [5.41, 5.74) is -1.45. The maximum absolute atomic E-state index is 15.2. The molecule has 9 atom stereocenters. The standard InChI is InChI=1S/C69H102BN13O16Si/c1-41(2)38-52-61(90)80-49(30-35-72-65(94)98-67(5,6)7)58(87)78-50(31-36-73-66(95)99-68(8,9)10)60(89)83-55(42(3)84)64(93)71-34-29-48(57(86)79-51(32-37-74-70)59(88)82-53(62(91)81-52)39-44-22-16-13-17-23-44)77-56(85)47(76-63(92)54-40-97-43(4)75-54)28-33-69(11,12)100(96,45-24-18-14-19-25-45)46-26-20-15-21-27-46/h13-27,40-42,47-53,55,74,84,96H,28-39,70H2,1-12H3,(H,71,93)(H,72,94)(H,73,95)(H,76,92)(H,77,85)(H,78,87)(H,79,86)(H,80,90)(H,81,91)(H,82,88)(H,83,89)/t42-,47-,48+,49+,50+,51+,52+,53-,55+/m1/s1. The van der Waals surface area contributed by atoms with Gasteiger partial charge in [-0.05, 0) is 127 Å². The van der Waals surface area contributed by atoms with E-state index in [1.165, 1.54) is 13.8 Å². The van der Waals surface area contributed by atoms with E-state index in [0.717, 1.165) is 6.26 Å². The van der Waals surface area contributed by atoms with Crippen molar-refractivity contribution in [1.29, 1.82) is 0 Å². The lowest BCUT2D eigenvalue weighted by atomic mass is 10.00. The van der Waals surface area contributed by atoms with Gasteiger partial charge in [-0.1, -0.05) is 119 Å². The van der Waals surface area contributed by atoms with E-state index in [1.807, 2.05) is 74.5 Å². The molecule has 1 aromatic heterocycles. The third kappa shape index (κ3) is 25.8. The fraction of sp³-hybridized carbons (Fsp3) is 0.536. The largest absolute Gasteiger partial charge is 0.448 e. The molecule has 1 fully saturated rings. The summed E-state index contributed by atoms with van der Waals surface area (Å²) in [7, 11) is -2.14. The van der Waals surface area contributed by atoms with E-state index in [0.29, 0.717) is 15.9 Å². The van der Waals surface area contributed by atoms with Gasteiger partial charge in [-0.25, -0.2) is 14.6 Å². The zero-order chi connectivity index (χ0) is 74.1. The third-order valence-corrected chi connectivity index (χ3v) is 20.9. The number of benzene rings is 3. The molecular weight excluding hydrogens is 1310 g/mol. The minimum absolute atomic E-state index is 0.0281. The van der Waals surface area contributed by atoms with Crippen LogP contribution in [0, 0.1) is 12.8 Å². The van der Waals surface area contributed by atoms with Gasteiger partial charge in [0.2, 0.25) is 47.3 Å². The second kappa shape index (κ2) is 37.8.